The van der Waals surface area contributed by atoms with Crippen LogP contribution in [0.5, 0.6) is 0 Å². The SMILES string of the molecule is CCOP(=O)(OCC)C(N(OC(C)C(=O)CCCn1c(=O)n(CCCC(=O)C(C)ON(C(C(C)(C)C)P(=O)(OCC)OCC)C(C)(C)C)c(=O)n(CCCC(=O)C(C)ON(C(C(C)(C)C)P(=O)(OCC)OCC)C(C)(C)C)c1=O)C(C)(C)C)C(C)(C)C. The van der Waals surface area contributed by atoms with Crippen LogP contribution < -0.4 is 17.1 Å². The monoisotopic (exact) mass is 1300 g/mol. The lowest BCUT2D eigenvalue weighted by molar-refractivity contribution is -0.257. The second-order valence-electron chi connectivity index (χ2n) is 28.1. The average molecular weight is 1300 g/mol. The van der Waals surface area contributed by atoms with Crippen LogP contribution in [0.25, 0.3) is 0 Å². The molecule has 0 aromatic carbocycles. The van der Waals surface area contributed by atoms with E-state index in [9.17, 15) is 42.5 Å². The highest BCUT2D eigenvalue weighted by atomic mass is 31.2. The third-order valence-electron chi connectivity index (χ3n) is 13.7. The van der Waals surface area contributed by atoms with E-state index in [1.54, 1.807) is 62.3 Å². The number of carbonyl (C=O) groups excluding carboxylic acids is 3. The van der Waals surface area contributed by atoms with Crippen molar-refractivity contribution < 1.29 is 69.7 Å². The molecule has 6 unspecified atom stereocenters. The number of ketones is 3. The molecule has 0 aliphatic carbocycles. The first-order valence-electron chi connectivity index (χ1n) is 31.1. The fraction of sp³-hybridized carbons (Fsp3) is 0.900. The van der Waals surface area contributed by atoms with Crippen LogP contribution in [-0.2, 0) is 89.4 Å². The van der Waals surface area contributed by atoms with E-state index in [2.05, 4.69) is 0 Å². The van der Waals surface area contributed by atoms with E-state index in [1.165, 1.54) is 15.2 Å². The average Bonchev–Trinajstić information content (AvgIpc) is 1.02. The Bertz CT molecular complexity index is 2340. The molecule has 0 N–H and O–H groups in total. The molecule has 0 spiro atoms. The highest BCUT2D eigenvalue weighted by Crippen LogP contribution is 2.63. The van der Waals surface area contributed by atoms with Crippen molar-refractivity contribution in [3.8, 4) is 0 Å². The van der Waals surface area contributed by atoms with Gasteiger partial charge in [0.25, 0.3) is 0 Å². The maximum absolute atomic E-state index is 14.5. The van der Waals surface area contributed by atoms with E-state index in [1.807, 2.05) is 125 Å². The van der Waals surface area contributed by atoms with E-state index >= 15 is 0 Å². The molecule has 510 valence electrons. The van der Waals surface area contributed by atoms with Crippen LogP contribution in [0.2, 0.25) is 0 Å². The van der Waals surface area contributed by atoms with Gasteiger partial charge in [-0.15, -0.1) is 0 Å². The van der Waals surface area contributed by atoms with E-state index < -0.39 is 126 Å². The standard InChI is InChI=1S/C60H117N6O18P3/c1-28-76-85(73,77-29-2)49(55(10,11)12)64(58(19,20)21)82-43(7)46(67)37-34-40-61-52(70)62(41-35-38-47(68)44(8)83-65(59(22,23)24)50(56(13,14)15)86(74,78-30-3)79-31-4)54(72)63(53(61)71)42-36-39-48(69)45(9)84-66(60(25,26)27)51(57(16,17)18)87(75,80-32-5)81-33-6/h43-45,49-51H,28-42H2,1-27H3. The van der Waals surface area contributed by atoms with Gasteiger partial charge < -0.3 is 27.1 Å². The molecule has 6 atom stereocenters. The van der Waals surface area contributed by atoms with Crippen LogP contribution in [-0.4, -0.2) is 138 Å². The Hall–Kier alpha value is -2.37. The van der Waals surface area contributed by atoms with Gasteiger partial charge in [-0.3, -0.25) is 42.6 Å². The number of nitrogens with zero attached hydrogens (tertiary/aromatic N) is 6. The third kappa shape index (κ3) is 23.6. The molecule has 24 nitrogen and oxygen atoms in total. The number of hydrogen-bond donors (Lipinski definition) is 0. The van der Waals surface area contributed by atoms with Crippen molar-refractivity contribution in [2.24, 2.45) is 16.2 Å². The Morgan fingerprint density at radius 1 is 0.368 bits per heavy atom. The molecule has 0 amide bonds. The van der Waals surface area contributed by atoms with Gasteiger partial charge in [-0.2, -0.15) is 15.2 Å². The van der Waals surface area contributed by atoms with Gasteiger partial charge in [-0.25, -0.2) is 28.1 Å². The Kier molecular flexibility index (Phi) is 32.3. The lowest BCUT2D eigenvalue weighted by atomic mass is 9.94. The molecule has 0 radical (unpaired) electrons. The summed E-state index contributed by atoms with van der Waals surface area (Å²) in [6, 6.07) is 0. The van der Waals surface area contributed by atoms with Crippen LogP contribution in [0.3, 0.4) is 0 Å². The summed E-state index contributed by atoms with van der Waals surface area (Å²) in [6.07, 6.45) is -4.02. The molecule has 0 fully saturated rings. The molecule has 1 aromatic heterocycles. The Morgan fingerprint density at radius 3 is 0.678 bits per heavy atom. The minimum Gasteiger partial charge on any atom is -0.308 e. The van der Waals surface area contributed by atoms with Crippen molar-refractivity contribution in [2.75, 3.05) is 39.6 Å². The van der Waals surface area contributed by atoms with E-state index in [-0.39, 0.29) is 97.8 Å². The molecule has 1 aromatic rings. The minimum atomic E-state index is -3.88. The van der Waals surface area contributed by atoms with Crippen molar-refractivity contribution in [3.05, 3.63) is 31.5 Å². The second kappa shape index (κ2) is 34.0. The topological polar surface area (TPSA) is 261 Å². The molecule has 0 aliphatic rings. The number of hydroxylamine groups is 6. The number of hydrogen-bond acceptors (Lipinski definition) is 21. The lowest BCUT2D eigenvalue weighted by Gasteiger charge is -2.48. The van der Waals surface area contributed by atoms with Crippen molar-refractivity contribution in [3.63, 3.8) is 0 Å². The van der Waals surface area contributed by atoms with Gasteiger partial charge in [0.05, 0.1) is 39.6 Å². The van der Waals surface area contributed by atoms with E-state index in [0.717, 1.165) is 13.7 Å². The quantitative estimate of drug-likeness (QED) is 0.0438. The molecular formula is C60H117N6O18P3. The summed E-state index contributed by atoms with van der Waals surface area (Å²) in [7, 11) is -11.6. The molecule has 0 aliphatic heterocycles. The predicted octanol–water partition coefficient (Wildman–Crippen LogP) is 12.4. The Labute approximate surface area is 521 Å². The molecule has 0 bridgehead atoms. The van der Waals surface area contributed by atoms with Crippen LogP contribution in [0.4, 0.5) is 0 Å². The number of carbonyl (C=O) groups is 3. The third-order valence-corrected chi connectivity index (χ3v) is 22.2. The van der Waals surface area contributed by atoms with Crippen LogP contribution in [0.1, 0.15) is 225 Å². The summed E-state index contributed by atoms with van der Waals surface area (Å²) in [5, 5.41) is 4.53. The van der Waals surface area contributed by atoms with Crippen LogP contribution >= 0.6 is 22.8 Å². The predicted molar refractivity (Wildman–Crippen MR) is 341 cm³/mol. The Morgan fingerprint density at radius 2 is 0.540 bits per heavy atom. The van der Waals surface area contributed by atoms with Crippen LogP contribution in [0, 0.1) is 16.2 Å². The number of rotatable bonds is 39. The summed E-state index contributed by atoms with van der Waals surface area (Å²) < 4.78 is 81.0. The summed E-state index contributed by atoms with van der Waals surface area (Å²) in [5.74, 6) is -4.06. The molecule has 27 heteroatoms. The molecule has 1 heterocycles. The summed E-state index contributed by atoms with van der Waals surface area (Å²) in [6.45, 7) is 48.1. The molecule has 0 saturated heterocycles. The van der Waals surface area contributed by atoms with Crippen LogP contribution in [0.15, 0.2) is 14.4 Å². The molecule has 0 saturated carbocycles. The highest BCUT2D eigenvalue weighted by molar-refractivity contribution is 7.55. The first kappa shape index (κ1) is 82.6. The first-order chi connectivity index (χ1) is 39.6. The van der Waals surface area contributed by atoms with Crippen molar-refractivity contribution in [1.82, 2.24) is 28.9 Å². The lowest BCUT2D eigenvalue weighted by Crippen LogP contribution is -2.55. The fourth-order valence-corrected chi connectivity index (χ4v) is 18.1. The second-order valence-corrected chi connectivity index (χ2v) is 34.3. The largest absolute Gasteiger partial charge is 0.350 e. The zero-order valence-corrected chi connectivity index (χ0v) is 61.1. The zero-order chi connectivity index (χ0) is 67.9. The summed E-state index contributed by atoms with van der Waals surface area (Å²) >= 11 is 0. The van der Waals surface area contributed by atoms with Gasteiger partial charge in [0.1, 0.15) is 35.7 Å². The number of Topliss-reactive ketones (excluding diaryl/α,β-unsaturated/α-hetero) is 3. The van der Waals surface area contributed by atoms with Crippen molar-refractivity contribution >= 4 is 40.1 Å². The molecular weight excluding hydrogens is 1190 g/mol. The van der Waals surface area contributed by atoms with E-state index in [0.29, 0.717) is 0 Å². The van der Waals surface area contributed by atoms with E-state index in [4.69, 9.17) is 41.7 Å². The van der Waals surface area contributed by atoms with Crippen molar-refractivity contribution in [2.45, 2.75) is 297 Å². The highest BCUT2D eigenvalue weighted by Gasteiger charge is 2.55. The number of aromatic nitrogens is 3. The van der Waals surface area contributed by atoms with Gasteiger partial charge in [0, 0.05) is 55.5 Å². The van der Waals surface area contributed by atoms with Crippen molar-refractivity contribution in [1.29, 1.82) is 0 Å². The maximum atomic E-state index is 14.5. The Balaban J connectivity index is 3.87. The molecule has 87 heavy (non-hydrogen) atoms. The van der Waals surface area contributed by atoms with Gasteiger partial charge in [-0.05, 0) is 160 Å². The summed E-state index contributed by atoms with van der Waals surface area (Å²) in [4.78, 5) is 105. The summed E-state index contributed by atoms with van der Waals surface area (Å²) in [5.41, 5.74) is -7.60. The smallest absolute Gasteiger partial charge is 0.308 e. The fourth-order valence-electron chi connectivity index (χ4n) is 10.0. The molecule has 1 rings (SSSR count). The van der Waals surface area contributed by atoms with Gasteiger partial charge in [0.2, 0.25) is 0 Å². The zero-order valence-electron chi connectivity index (χ0n) is 58.4. The van der Waals surface area contributed by atoms with Gasteiger partial charge in [-0.1, -0.05) is 62.3 Å². The minimum absolute atomic E-state index is 0.0477. The first-order valence-corrected chi connectivity index (χ1v) is 36.0. The normalized spacial score (nSPS) is 15.9. The van der Waals surface area contributed by atoms with Gasteiger partial charge in [0.15, 0.2) is 17.3 Å². The van der Waals surface area contributed by atoms with Gasteiger partial charge >= 0.3 is 39.9 Å². The maximum Gasteiger partial charge on any atom is 0.350 e.